The predicted molar refractivity (Wildman–Crippen MR) is 100 cm³/mol. The van der Waals surface area contributed by atoms with Crippen LogP contribution in [-0.2, 0) is 34.0 Å². The summed E-state index contributed by atoms with van der Waals surface area (Å²) in [5, 5.41) is 0. The van der Waals surface area contributed by atoms with Crippen LogP contribution in [0, 0.1) is 12.8 Å². The Bertz CT molecular complexity index is 823. The molecule has 26 heavy (non-hydrogen) atoms. The van der Waals surface area contributed by atoms with Crippen LogP contribution in [0.5, 0.6) is 0 Å². The molecular weight excluding hydrogens is 372 g/mol. The maximum absolute atomic E-state index is 13.0. The zero-order valence-corrected chi connectivity index (χ0v) is 16.5. The third-order valence-corrected chi connectivity index (χ3v) is 8.31. The fourth-order valence-electron chi connectivity index (χ4n) is 3.80. The summed E-state index contributed by atoms with van der Waals surface area (Å²) < 4.78 is 17.5. The Morgan fingerprint density at radius 3 is 2.58 bits per heavy atom. The number of benzene rings is 1. The van der Waals surface area contributed by atoms with Crippen LogP contribution in [-0.4, -0.2) is 33.9 Å². The molecular formula is C19H22O5S2. The lowest BCUT2D eigenvalue weighted by atomic mass is 9.80. The maximum Gasteiger partial charge on any atom is 0.181 e. The Morgan fingerprint density at radius 1 is 1.27 bits per heavy atom. The van der Waals surface area contributed by atoms with Gasteiger partial charge in [0.05, 0.1) is 6.10 Å². The van der Waals surface area contributed by atoms with Crippen molar-refractivity contribution in [2.24, 2.45) is 5.92 Å². The van der Waals surface area contributed by atoms with Crippen molar-refractivity contribution in [3.05, 3.63) is 28.8 Å². The van der Waals surface area contributed by atoms with Gasteiger partial charge in [-0.1, -0.05) is 21.6 Å². The number of ketones is 3. The van der Waals surface area contributed by atoms with Crippen molar-refractivity contribution < 1.29 is 23.3 Å². The monoisotopic (exact) mass is 394 g/mol. The minimum atomic E-state index is -1.17. The number of rotatable bonds is 4. The summed E-state index contributed by atoms with van der Waals surface area (Å²) in [6.45, 7) is 4.32. The molecule has 0 aromatic heterocycles. The predicted octanol–water partition coefficient (Wildman–Crippen LogP) is 2.70. The third kappa shape index (κ3) is 3.40. The van der Waals surface area contributed by atoms with Gasteiger partial charge in [0.25, 0.3) is 0 Å². The first-order valence-electron chi connectivity index (χ1n) is 8.85. The van der Waals surface area contributed by atoms with E-state index < -0.39 is 21.2 Å². The molecule has 2 aliphatic rings. The molecule has 1 aromatic carbocycles. The number of carbonyl (C=O) groups is 3. The highest BCUT2D eigenvalue weighted by Crippen LogP contribution is 2.37. The van der Waals surface area contributed by atoms with E-state index >= 15 is 0 Å². The van der Waals surface area contributed by atoms with E-state index in [9.17, 15) is 18.6 Å². The summed E-state index contributed by atoms with van der Waals surface area (Å²) in [7, 11) is 0.00423. The molecule has 5 nitrogen and oxygen atoms in total. The average Bonchev–Trinajstić information content (AvgIpc) is 2.62. The topological polar surface area (TPSA) is 77.5 Å². The molecule has 1 aromatic rings. The lowest BCUT2D eigenvalue weighted by Crippen LogP contribution is -2.35. The molecule has 2 unspecified atom stereocenters. The molecule has 3 rings (SSSR count). The van der Waals surface area contributed by atoms with E-state index in [1.54, 1.807) is 6.07 Å². The van der Waals surface area contributed by atoms with Gasteiger partial charge in [-0.15, -0.1) is 0 Å². The van der Waals surface area contributed by atoms with Crippen LogP contribution in [0.25, 0.3) is 0 Å². The highest BCUT2D eigenvalue weighted by atomic mass is 32.8. The molecule has 7 heteroatoms. The SMILES string of the molecule is CCOC1CCS(=S=O)c2c1ccc(C(=O)C1C(=O)CCCC1=O)c2C. The number of hydrogen-bond donors (Lipinski definition) is 0. The summed E-state index contributed by atoms with van der Waals surface area (Å²) in [6, 6.07) is 3.53. The molecule has 0 N–H and O–H groups in total. The van der Waals surface area contributed by atoms with Crippen LogP contribution in [0.4, 0.5) is 0 Å². The van der Waals surface area contributed by atoms with E-state index in [0.717, 1.165) is 22.4 Å². The van der Waals surface area contributed by atoms with Gasteiger partial charge in [0.15, 0.2) is 17.3 Å². The van der Waals surface area contributed by atoms with Crippen LogP contribution >= 0.6 is 0 Å². The molecule has 1 heterocycles. The van der Waals surface area contributed by atoms with Crippen molar-refractivity contribution in [1.82, 2.24) is 0 Å². The second kappa shape index (κ2) is 8.06. The first-order valence-corrected chi connectivity index (χ1v) is 11.5. The Labute approximate surface area is 158 Å². The number of ether oxygens (including phenoxy) is 1. The van der Waals surface area contributed by atoms with E-state index in [0.29, 0.717) is 34.6 Å². The van der Waals surface area contributed by atoms with E-state index in [1.165, 1.54) is 0 Å². The van der Waals surface area contributed by atoms with E-state index in [2.05, 4.69) is 0 Å². The van der Waals surface area contributed by atoms with Crippen LogP contribution in [0.15, 0.2) is 17.0 Å². The summed E-state index contributed by atoms with van der Waals surface area (Å²) in [6.07, 6.45) is 1.79. The lowest BCUT2D eigenvalue weighted by molar-refractivity contribution is -0.133. The van der Waals surface area contributed by atoms with Gasteiger partial charge in [-0.05, 0) is 37.8 Å². The lowest BCUT2D eigenvalue weighted by Gasteiger charge is -2.29. The Balaban J connectivity index is 2.08. The van der Waals surface area contributed by atoms with Crippen LogP contribution in [0.1, 0.15) is 60.2 Å². The zero-order chi connectivity index (χ0) is 18.8. The Morgan fingerprint density at radius 2 is 1.96 bits per heavy atom. The van der Waals surface area contributed by atoms with Gasteiger partial charge in [0.1, 0.15) is 16.1 Å². The molecule has 1 saturated carbocycles. The largest absolute Gasteiger partial charge is 0.374 e. The fourth-order valence-corrected chi connectivity index (χ4v) is 6.85. The van der Waals surface area contributed by atoms with Gasteiger partial charge in [-0.3, -0.25) is 14.4 Å². The van der Waals surface area contributed by atoms with Gasteiger partial charge in [0, 0.05) is 35.7 Å². The maximum atomic E-state index is 13.0. The highest BCUT2D eigenvalue weighted by molar-refractivity contribution is 8.31. The van der Waals surface area contributed by atoms with Gasteiger partial charge >= 0.3 is 0 Å². The van der Waals surface area contributed by atoms with E-state index in [4.69, 9.17) is 4.74 Å². The smallest absolute Gasteiger partial charge is 0.181 e. The Hall–Kier alpha value is -1.44. The third-order valence-electron chi connectivity index (χ3n) is 5.04. The van der Waals surface area contributed by atoms with E-state index in [-0.39, 0.29) is 30.5 Å². The molecule has 0 saturated heterocycles. The van der Waals surface area contributed by atoms with Crippen molar-refractivity contribution in [1.29, 1.82) is 0 Å². The standard InChI is InChI=1S/C19H22O5S2/c1-3-24-16-9-10-26(25-23)19-11(2)12(7-8-13(16)19)18(22)17-14(20)5-4-6-15(17)21/h7-8,16-17H,3-6,9-10H2,1-2H3. The van der Waals surface area contributed by atoms with Crippen molar-refractivity contribution in [2.45, 2.75) is 50.5 Å². The quantitative estimate of drug-likeness (QED) is 0.580. The van der Waals surface area contributed by atoms with Crippen molar-refractivity contribution in [3.63, 3.8) is 0 Å². The second-order valence-electron chi connectivity index (χ2n) is 6.59. The molecule has 0 spiro atoms. The van der Waals surface area contributed by atoms with Crippen LogP contribution in [0.3, 0.4) is 0 Å². The summed E-state index contributed by atoms with van der Waals surface area (Å²) in [4.78, 5) is 38.2. The molecule has 0 radical (unpaired) electrons. The molecule has 0 amide bonds. The fraction of sp³-hybridized carbons (Fsp3) is 0.526. The molecule has 1 fully saturated rings. The van der Waals surface area contributed by atoms with Gasteiger partial charge < -0.3 is 4.74 Å². The molecule has 2 atom stereocenters. The van der Waals surface area contributed by atoms with Crippen LogP contribution < -0.4 is 0 Å². The highest BCUT2D eigenvalue weighted by Gasteiger charge is 2.38. The average molecular weight is 395 g/mol. The molecule has 1 aliphatic carbocycles. The van der Waals surface area contributed by atoms with Crippen LogP contribution in [0.2, 0.25) is 0 Å². The normalized spacial score (nSPS) is 23.6. The molecule has 140 valence electrons. The Kier molecular flexibility index (Phi) is 5.99. The number of hydrogen-bond acceptors (Lipinski definition) is 5. The summed E-state index contributed by atoms with van der Waals surface area (Å²) in [5.41, 5.74) is 2.07. The van der Waals surface area contributed by atoms with Gasteiger partial charge in [0.2, 0.25) is 0 Å². The second-order valence-corrected chi connectivity index (χ2v) is 9.85. The number of carbonyl (C=O) groups excluding carboxylic acids is 3. The van der Waals surface area contributed by atoms with Crippen molar-refractivity contribution in [2.75, 3.05) is 12.4 Å². The first-order chi connectivity index (χ1) is 12.5. The number of Topliss-reactive ketones (excluding diaryl/α,β-unsaturated/α-hetero) is 3. The molecule has 0 bridgehead atoms. The first kappa shape index (κ1) is 19.3. The van der Waals surface area contributed by atoms with Crippen molar-refractivity contribution >= 4 is 37.0 Å². The molecule has 1 aliphatic heterocycles. The van der Waals surface area contributed by atoms with Crippen molar-refractivity contribution in [3.8, 4) is 0 Å². The number of fused-ring (bicyclic) bond motifs is 1. The summed E-state index contributed by atoms with van der Waals surface area (Å²) in [5.74, 6) is -1.45. The minimum Gasteiger partial charge on any atom is -0.374 e. The van der Waals surface area contributed by atoms with Gasteiger partial charge in [-0.25, -0.2) is 4.21 Å². The summed E-state index contributed by atoms with van der Waals surface area (Å²) >= 11 is 0. The zero-order valence-electron chi connectivity index (χ0n) is 14.9. The minimum absolute atomic E-state index is 0.0771. The van der Waals surface area contributed by atoms with E-state index in [1.807, 2.05) is 19.9 Å². The van der Waals surface area contributed by atoms with Gasteiger partial charge in [-0.2, -0.15) is 0 Å².